The number of aromatic nitrogens is 1. The Balaban J connectivity index is 1.57. The molecular formula is C21H28N4O. The van der Waals surface area contributed by atoms with Gasteiger partial charge in [0.1, 0.15) is 0 Å². The second-order valence-corrected chi connectivity index (χ2v) is 6.79. The summed E-state index contributed by atoms with van der Waals surface area (Å²) in [7, 11) is 0. The van der Waals surface area contributed by atoms with Gasteiger partial charge in [-0.25, -0.2) is 0 Å². The predicted octanol–water partition coefficient (Wildman–Crippen LogP) is 4.54. The van der Waals surface area contributed by atoms with Crippen LogP contribution in [0.2, 0.25) is 0 Å². The molecule has 0 aliphatic carbocycles. The van der Waals surface area contributed by atoms with Crippen LogP contribution in [0, 0.1) is 0 Å². The summed E-state index contributed by atoms with van der Waals surface area (Å²) in [4.78, 5) is 19.1. The van der Waals surface area contributed by atoms with Crippen LogP contribution in [-0.2, 0) is 0 Å². The van der Waals surface area contributed by atoms with Crippen LogP contribution in [0.25, 0.3) is 0 Å². The van der Waals surface area contributed by atoms with Crippen LogP contribution in [0.4, 0.5) is 17.1 Å². The number of nitrogens with zero attached hydrogens (tertiary/aromatic N) is 2. The van der Waals surface area contributed by atoms with Crippen molar-refractivity contribution in [1.82, 2.24) is 4.98 Å². The number of unbranched alkanes of at least 4 members (excludes halogenated alkanes) is 2. The van der Waals surface area contributed by atoms with Crippen LogP contribution in [0.15, 0.2) is 42.7 Å². The lowest BCUT2D eigenvalue weighted by molar-refractivity contribution is 0.102. The van der Waals surface area contributed by atoms with Gasteiger partial charge < -0.3 is 15.5 Å². The number of carbonyl (C=O) groups excluding carboxylic acids is 1. The van der Waals surface area contributed by atoms with Crippen LogP contribution in [-0.4, -0.2) is 30.5 Å². The van der Waals surface area contributed by atoms with Gasteiger partial charge >= 0.3 is 0 Å². The van der Waals surface area contributed by atoms with E-state index >= 15 is 0 Å². The Morgan fingerprint density at radius 2 is 1.85 bits per heavy atom. The second kappa shape index (κ2) is 9.22. The quantitative estimate of drug-likeness (QED) is 0.685. The van der Waals surface area contributed by atoms with Crippen LogP contribution < -0.4 is 15.5 Å². The molecule has 0 atom stereocenters. The van der Waals surface area contributed by atoms with Crippen LogP contribution in [0.1, 0.15) is 49.4 Å². The summed E-state index contributed by atoms with van der Waals surface area (Å²) in [6, 6.07) is 9.93. The largest absolute Gasteiger partial charge is 0.384 e. The Labute approximate surface area is 155 Å². The van der Waals surface area contributed by atoms with Crippen molar-refractivity contribution in [3.63, 3.8) is 0 Å². The highest BCUT2D eigenvalue weighted by atomic mass is 16.1. The molecule has 0 spiro atoms. The highest BCUT2D eigenvalue weighted by molar-refractivity contribution is 6.04. The molecule has 2 heterocycles. The lowest BCUT2D eigenvalue weighted by Gasteiger charge is -2.17. The maximum Gasteiger partial charge on any atom is 0.257 e. The van der Waals surface area contributed by atoms with Gasteiger partial charge in [0.15, 0.2) is 0 Å². The number of anilines is 3. The van der Waals surface area contributed by atoms with Crippen LogP contribution in [0.5, 0.6) is 0 Å². The molecule has 1 fully saturated rings. The van der Waals surface area contributed by atoms with E-state index in [-0.39, 0.29) is 5.91 Å². The van der Waals surface area contributed by atoms with Gasteiger partial charge in [0, 0.05) is 43.4 Å². The van der Waals surface area contributed by atoms with Crippen molar-refractivity contribution in [3.05, 3.63) is 48.3 Å². The zero-order valence-corrected chi connectivity index (χ0v) is 15.5. The molecule has 0 unspecified atom stereocenters. The number of rotatable bonds is 8. The zero-order chi connectivity index (χ0) is 18.2. The van der Waals surface area contributed by atoms with Gasteiger partial charge in [0.05, 0.1) is 11.3 Å². The molecule has 5 nitrogen and oxygen atoms in total. The predicted molar refractivity (Wildman–Crippen MR) is 108 cm³/mol. The van der Waals surface area contributed by atoms with Gasteiger partial charge in [0.25, 0.3) is 5.91 Å². The molecule has 2 N–H and O–H groups in total. The average Bonchev–Trinajstić information content (AvgIpc) is 3.21. The highest BCUT2D eigenvalue weighted by Crippen LogP contribution is 2.22. The van der Waals surface area contributed by atoms with E-state index in [0.29, 0.717) is 5.56 Å². The second-order valence-electron chi connectivity index (χ2n) is 6.79. The first-order valence-corrected chi connectivity index (χ1v) is 9.61. The molecule has 1 aliphatic heterocycles. The van der Waals surface area contributed by atoms with E-state index in [4.69, 9.17) is 0 Å². The number of hydrogen-bond acceptors (Lipinski definition) is 4. The van der Waals surface area contributed by atoms with E-state index < -0.39 is 0 Å². The lowest BCUT2D eigenvalue weighted by atomic mass is 10.2. The van der Waals surface area contributed by atoms with E-state index in [0.717, 1.165) is 37.4 Å². The van der Waals surface area contributed by atoms with E-state index in [9.17, 15) is 4.79 Å². The molecule has 1 aliphatic rings. The zero-order valence-electron chi connectivity index (χ0n) is 15.5. The first-order chi connectivity index (χ1) is 12.8. The molecule has 1 aromatic heterocycles. The minimum absolute atomic E-state index is 0.136. The highest BCUT2D eigenvalue weighted by Gasteiger charge is 2.12. The van der Waals surface area contributed by atoms with Crippen molar-refractivity contribution in [2.45, 2.75) is 39.0 Å². The fourth-order valence-electron chi connectivity index (χ4n) is 3.20. The molecule has 1 aromatic carbocycles. The summed E-state index contributed by atoms with van der Waals surface area (Å²) in [6.07, 6.45) is 9.39. The number of benzene rings is 1. The third-order valence-electron chi connectivity index (χ3n) is 4.71. The molecule has 2 aromatic rings. The molecule has 138 valence electrons. The van der Waals surface area contributed by atoms with Crippen LogP contribution in [0.3, 0.4) is 0 Å². The Kier molecular flexibility index (Phi) is 6.47. The van der Waals surface area contributed by atoms with Gasteiger partial charge in [-0.15, -0.1) is 0 Å². The first kappa shape index (κ1) is 18.2. The minimum atomic E-state index is -0.136. The summed E-state index contributed by atoms with van der Waals surface area (Å²) in [5, 5.41) is 6.28. The fraction of sp³-hybridized carbons (Fsp3) is 0.429. The minimum Gasteiger partial charge on any atom is -0.384 e. The third kappa shape index (κ3) is 4.97. The summed E-state index contributed by atoms with van der Waals surface area (Å²) in [6.45, 7) is 5.33. The normalized spacial score (nSPS) is 13.7. The average molecular weight is 352 g/mol. The number of amides is 1. The molecular weight excluding hydrogens is 324 g/mol. The monoisotopic (exact) mass is 352 g/mol. The standard InChI is InChI=1S/C21H28N4O/c1-2-3-4-11-23-19-14-17(15-22-16-19)21(26)24-18-7-9-20(10-8-18)25-12-5-6-13-25/h7-10,14-16,23H,2-6,11-13H2,1H3,(H,24,26). The van der Waals surface area contributed by atoms with Crippen molar-refractivity contribution in [2.75, 3.05) is 35.2 Å². The van der Waals surface area contributed by atoms with Crippen molar-refractivity contribution in [1.29, 1.82) is 0 Å². The smallest absolute Gasteiger partial charge is 0.257 e. The molecule has 0 saturated carbocycles. The van der Waals surface area contributed by atoms with Crippen molar-refractivity contribution >= 4 is 23.0 Å². The molecule has 26 heavy (non-hydrogen) atoms. The van der Waals surface area contributed by atoms with Gasteiger partial charge in [0.2, 0.25) is 0 Å². The molecule has 0 radical (unpaired) electrons. The van der Waals surface area contributed by atoms with Gasteiger partial charge in [-0.2, -0.15) is 0 Å². The number of hydrogen-bond donors (Lipinski definition) is 2. The Morgan fingerprint density at radius 3 is 2.58 bits per heavy atom. The number of carbonyl (C=O) groups is 1. The van der Waals surface area contributed by atoms with Crippen molar-refractivity contribution < 1.29 is 4.79 Å². The number of pyridine rings is 1. The van der Waals surface area contributed by atoms with E-state index in [1.807, 2.05) is 18.2 Å². The van der Waals surface area contributed by atoms with Gasteiger partial charge in [-0.05, 0) is 49.6 Å². The SMILES string of the molecule is CCCCCNc1cncc(C(=O)Nc2ccc(N3CCCC3)cc2)c1. The summed E-state index contributed by atoms with van der Waals surface area (Å²) >= 11 is 0. The number of nitrogens with one attached hydrogen (secondary N) is 2. The lowest BCUT2D eigenvalue weighted by Crippen LogP contribution is -2.17. The summed E-state index contributed by atoms with van der Waals surface area (Å²) < 4.78 is 0. The van der Waals surface area contributed by atoms with E-state index in [1.165, 1.54) is 31.4 Å². The van der Waals surface area contributed by atoms with Crippen LogP contribution >= 0.6 is 0 Å². The fourth-order valence-corrected chi connectivity index (χ4v) is 3.20. The molecule has 1 amide bonds. The van der Waals surface area contributed by atoms with Gasteiger partial charge in [-0.3, -0.25) is 9.78 Å². The molecule has 1 saturated heterocycles. The van der Waals surface area contributed by atoms with E-state index in [2.05, 4.69) is 39.6 Å². The first-order valence-electron chi connectivity index (χ1n) is 9.61. The maximum atomic E-state index is 12.5. The molecule has 5 heteroatoms. The Hall–Kier alpha value is -2.56. The summed E-state index contributed by atoms with van der Waals surface area (Å²) in [5.41, 5.74) is 3.48. The Bertz CT molecular complexity index is 708. The third-order valence-corrected chi connectivity index (χ3v) is 4.71. The molecule has 0 bridgehead atoms. The van der Waals surface area contributed by atoms with Gasteiger partial charge in [-0.1, -0.05) is 19.8 Å². The van der Waals surface area contributed by atoms with Crippen molar-refractivity contribution in [2.24, 2.45) is 0 Å². The van der Waals surface area contributed by atoms with E-state index in [1.54, 1.807) is 12.4 Å². The Morgan fingerprint density at radius 1 is 1.08 bits per heavy atom. The maximum absolute atomic E-state index is 12.5. The molecule has 3 rings (SSSR count). The van der Waals surface area contributed by atoms with Crippen molar-refractivity contribution in [3.8, 4) is 0 Å². The summed E-state index contributed by atoms with van der Waals surface area (Å²) in [5.74, 6) is -0.136. The topological polar surface area (TPSA) is 57.3 Å².